The summed E-state index contributed by atoms with van der Waals surface area (Å²) in [7, 11) is 0. The lowest BCUT2D eigenvalue weighted by molar-refractivity contribution is -0.167. The van der Waals surface area contributed by atoms with Gasteiger partial charge >= 0.3 is 17.9 Å². The number of carbonyl (C=O) groups is 3. The molecule has 0 amide bonds. The zero-order valence-electron chi connectivity index (χ0n) is 46.9. The second-order valence-electron chi connectivity index (χ2n) is 19.5. The van der Waals surface area contributed by atoms with Crippen LogP contribution in [0.15, 0.2) is 109 Å². The molecule has 0 N–H and O–H groups in total. The van der Waals surface area contributed by atoms with Gasteiger partial charge < -0.3 is 14.2 Å². The number of carbonyl (C=O) groups excluding carboxylic acids is 3. The topological polar surface area (TPSA) is 78.9 Å². The molecule has 6 heteroatoms. The van der Waals surface area contributed by atoms with Crippen LogP contribution < -0.4 is 0 Å². The summed E-state index contributed by atoms with van der Waals surface area (Å²) < 4.78 is 16.8. The monoisotopic (exact) mass is 999 g/mol. The lowest BCUT2D eigenvalue weighted by atomic mass is 10.1. The van der Waals surface area contributed by atoms with E-state index in [1.165, 1.54) is 109 Å². The van der Waals surface area contributed by atoms with Gasteiger partial charge in [-0.15, -0.1) is 0 Å². The molecule has 72 heavy (non-hydrogen) atoms. The molecule has 1 atom stereocenters. The number of ether oxygens (including phenoxy) is 3. The first kappa shape index (κ1) is 68.1. The second-order valence-corrected chi connectivity index (χ2v) is 19.5. The predicted octanol–water partition coefficient (Wildman–Crippen LogP) is 20.3. The zero-order chi connectivity index (χ0) is 52.2. The number of allylic oxidation sites excluding steroid dienone is 18. The molecule has 1 unspecified atom stereocenters. The van der Waals surface area contributed by atoms with Crippen molar-refractivity contribution < 1.29 is 28.6 Å². The van der Waals surface area contributed by atoms with Crippen molar-refractivity contribution in [1.29, 1.82) is 0 Å². The van der Waals surface area contributed by atoms with Crippen molar-refractivity contribution in [3.05, 3.63) is 109 Å². The average molecular weight is 1000 g/mol. The fourth-order valence-electron chi connectivity index (χ4n) is 8.07. The Morgan fingerprint density at radius 1 is 0.292 bits per heavy atom. The summed E-state index contributed by atoms with van der Waals surface area (Å²) in [5.74, 6) is -0.950. The molecule has 0 saturated heterocycles. The van der Waals surface area contributed by atoms with Gasteiger partial charge in [0.05, 0.1) is 0 Å². The number of hydrogen-bond donors (Lipinski definition) is 0. The van der Waals surface area contributed by atoms with Crippen molar-refractivity contribution in [1.82, 2.24) is 0 Å². The van der Waals surface area contributed by atoms with E-state index in [1.807, 2.05) is 0 Å². The van der Waals surface area contributed by atoms with Crippen LogP contribution in [-0.4, -0.2) is 37.2 Å². The zero-order valence-corrected chi connectivity index (χ0v) is 46.9. The van der Waals surface area contributed by atoms with Gasteiger partial charge in [-0.3, -0.25) is 14.4 Å². The van der Waals surface area contributed by atoms with Gasteiger partial charge in [-0.1, -0.05) is 239 Å². The van der Waals surface area contributed by atoms with Gasteiger partial charge in [0.1, 0.15) is 13.2 Å². The van der Waals surface area contributed by atoms with Gasteiger partial charge in [-0.2, -0.15) is 0 Å². The lowest BCUT2D eigenvalue weighted by Crippen LogP contribution is -2.30. The third kappa shape index (κ3) is 57.0. The third-order valence-electron chi connectivity index (χ3n) is 12.5. The minimum absolute atomic E-state index is 0.0976. The molecule has 0 aliphatic rings. The van der Waals surface area contributed by atoms with Crippen LogP contribution in [0.25, 0.3) is 0 Å². The lowest BCUT2D eigenvalue weighted by Gasteiger charge is -2.18. The number of rotatable bonds is 53. The molecule has 0 aromatic carbocycles. The van der Waals surface area contributed by atoms with E-state index in [1.54, 1.807) is 0 Å². The molecule has 0 aliphatic carbocycles. The maximum atomic E-state index is 12.9. The summed E-state index contributed by atoms with van der Waals surface area (Å²) in [5.41, 5.74) is 0. The Balaban J connectivity index is 4.41. The summed E-state index contributed by atoms with van der Waals surface area (Å²) in [6.07, 6.45) is 80.9. The van der Waals surface area contributed by atoms with Crippen molar-refractivity contribution >= 4 is 17.9 Å². The first-order valence-corrected chi connectivity index (χ1v) is 29.9. The third-order valence-corrected chi connectivity index (χ3v) is 12.5. The van der Waals surface area contributed by atoms with Gasteiger partial charge in [0.25, 0.3) is 0 Å². The first-order chi connectivity index (χ1) is 35.5. The number of unbranched alkanes of at least 4 members (excludes halogenated alkanes) is 24. The molecule has 6 nitrogen and oxygen atoms in total. The quantitative estimate of drug-likeness (QED) is 0.0261. The Morgan fingerprint density at radius 3 is 0.889 bits per heavy atom. The van der Waals surface area contributed by atoms with Crippen molar-refractivity contribution in [2.75, 3.05) is 13.2 Å². The molecule has 0 aliphatic heterocycles. The average Bonchev–Trinajstić information content (AvgIpc) is 3.38. The van der Waals surface area contributed by atoms with Crippen LogP contribution in [0, 0.1) is 0 Å². The van der Waals surface area contributed by atoms with Crippen LogP contribution in [0.5, 0.6) is 0 Å². The summed E-state index contributed by atoms with van der Waals surface area (Å²) in [5, 5.41) is 0. The summed E-state index contributed by atoms with van der Waals surface area (Å²) in [4.78, 5) is 38.2. The summed E-state index contributed by atoms with van der Waals surface area (Å²) in [6, 6.07) is 0. The molecular formula is C66H110O6. The van der Waals surface area contributed by atoms with Crippen molar-refractivity contribution in [3.8, 4) is 0 Å². The molecule has 0 aromatic heterocycles. The molecule has 0 fully saturated rings. The molecule has 0 spiro atoms. The van der Waals surface area contributed by atoms with Gasteiger partial charge in [0, 0.05) is 19.3 Å². The second kappa shape index (κ2) is 59.6. The highest BCUT2D eigenvalue weighted by Crippen LogP contribution is 2.15. The van der Waals surface area contributed by atoms with Gasteiger partial charge in [0.15, 0.2) is 6.10 Å². The van der Waals surface area contributed by atoms with Crippen LogP contribution in [0.3, 0.4) is 0 Å². The van der Waals surface area contributed by atoms with E-state index < -0.39 is 6.10 Å². The normalized spacial score (nSPS) is 12.9. The van der Waals surface area contributed by atoms with Crippen molar-refractivity contribution in [2.45, 2.75) is 277 Å². The maximum absolute atomic E-state index is 12.9. The Bertz CT molecular complexity index is 1470. The molecule has 0 heterocycles. The van der Waals surface area contributed by atoms with Crippen LogP contribution in [-0.2, 0) is 28.6 Å². The van der Waals surface area contributed by atoms with Gasteiger partial charge in [-0.25, -0.2) is 0 Å². The minimum Gasteiger partial charge on any atom is -0.462 e. The predicted molar refractivity (Wildman–Crippen MR) is 311 cm³/mol. The molecular weight excluding hydrogens is 889 g/mol. The van der Waals surface area contributed by atoms with Gasteiger partial charge in [0.2, 0.25) is 0 Å². The van der Waals surface area contributed by atoms with E-state index in [4.69, 9.17) is 14.2 Å². The molecule has 0 radical (unpaired) electrons. The SMILES string of the molecule is CC/C=C\C/C=C\C/C=C\C/C=C\CCCCCCCCCCCCC(=O)OCC(COC(=O)CCCC/C=C\C/C=C\C/C=C\C/C=C\CC)OC(=O)CCCCCCC/C=C\CCCCCCCCC. The molecule has 0 rings (SSSR count). The fourth-order valence-corrected chi connectivity index (χ4v) is 8.07. The highest BCUT2D eigenvalue weighted by Gasteiger charge is 2.19. The van der Waals surface area contributed by atoms with E-state index in [0.29, 0.717) is 19.3 Å². The van der Waals surface area contributed by atoms with E-state index in [2.05, 4.69) is 130 Å². The van der Waals surface area contributed by atoms with Crippen LogP contribution in [0.1, 0.15) is 271 Å². The first-order valence-electron chi connectivity index (χ1n) is 29.9. The van der Waals surface area contributed by atoms with E-state index in [0.717, 1.165) is 122 Å². The number of esters is 3. The summed E-state index contributed by atoms with van der Waals surface area (Å²) in [6.45, 7) is 6.37. The van der Waals surface area contributed by atoms with E-state index in [9.17, 15) is 14.4 Å². The summed E-state index contributed by atoms with van der Waals surface area (Å²) >= 11 is 0. The highest BCUT2D eigenvalue weighted by molar-refractivity contribution is 5.71. The molecule has 0 saturated carbocycles. The van der Waals surface area contributed by atoms with Crippen molar-refractivity contribution in [2.24, 2.45) is 0 Å². The largest absolute Gasteiger partial charge is 0.462 e. The Hall–Kier alpha value is -3.93. The highest BCUT2D eigenvalue weighted by atomic mass is 16.6. The van der Waals surface area contributed by atoms with Crippen LogP contribution >= 0.6 is 0 Å². The van der Waals surface area contributed by atoms with E-state index in [-0.39, 0.29) is 31.1 Å². The van der Waals surface area contributed by atoms with E-state index >= 15 is 0 Å². The van der Waals surface area contributed by atoms with Crippen molar-refractivity contribution in [3.63, 3.8) is 0 Å². The Kier molecular flexibility index (Phi) is 56.4. The Labute approximate surface area is 444 Å². The molecule has 0 aromatic rings. The fraction of sp³-hybridized carbons (Fsp3) is 0.682. The maximum Gasteiger partial charge on any atom is 0.306 e. The minimum atomic E-state index is -0.803. The smallest absolute Gasteiger partial charge is 0.306 e. The van der Waals surface area contributed by atoms with Gasteiger partial charge in [-0.05, 0) is 122 Å². The Morgan fingerprint density at radius 2 is 0.542 bits per heavy atom. The van der Waals surface area contributed by atoms with Crippen LogP contribution in [0.4, 0.5) is 0 Å². The molecule has 410 valence electrons. The van der Waals surface area contributed by atoms with Crippen LogP contribution in [0.2, 0.25) is 0 Å². The molecule has 0 bridgehead atoms. The number of hydrogen-bond acceptors (Lipinski definition) is 6. The standard InChI is InChI=1S/C66H110O6/c1-4-7-10-13-16-19-22-25-28-30-31-32-33-34-35-36-39-41-44-47-50-53-56-59-65(68)71-62-63(61-70-64(67)58-55-52-49-46-43-40-37-27-24-21-18-15-12-9-6-3)72-66(69)60-57-54-51-48-45-42-38-29-26-23-20-17-14-11-8-5-2/h7,9-10,12,16,18-19,21,25,27-29,31-32,37-38,43,46,63H,4-6,8,11,13-15,17,20,22-24,26,30,33-36,39-42,44-45,47-62H2,1-3H3/b10-7-,12-9-,19-16-,21-18-,28-25-,32-31-,37-27-,38-29-,46-43-.